The molecule has 1 aliphatic heterocycles. The van der Waals surface area contributed by atoms with Crippen molar-refractivity contribution in [2.45, 2.75) is 26.4 Å². The van der Waals surface area contributed by atoms with Crippen LogP contribution < -0.4 is 15.0 Å². The molecule has 5 nitrogen and oxygen atoms in total. The second kappa shape index (κ2) is 7.68. The predicted molar refractivity (Wildman–Crippen MR) is 106 cm³/mol. The van der Waals surface area contributed by atoms with Crippen LogP contribution in [0.5, 0.6) is 5.75 Å². The molecular formula is C19H18BrClN2O3. The number of nitrogens with zero attached hydrogens (tertiary/aromatic N) is 1. The SMILES string of the molecule is CC(=O)N1CCc2cc(Br)cc(NC(=O)C(C)Oc3ccc(Cl)cc3)c21. The van der Waals surface area contributed by atoms with Crippen LogP contribution in [0.1, 0.15) is 19.4 Å². The first-order chi connectivity index (χ1) is 12.3. The van der Waals surface area contributed by atoms with E-state index < -0.39 is 6.10 Å². The maximum absolute atomic E-state index is 12.6. The highest BCUT2D eigenvalue weighted by molar-refractivity contribution is 9.10. The molecule has 0 bridgehead atoms. The van der Waals surface area contributed by atoms with E-state index in [1.54, 1.807) is 42.2 Å². The highest BCUT2D eigenvalue weighted by Crippen LogP contribution is 2.38. The molecule has 0 saturated carbocycles. The van der Waals surface area contributed by atoms with Gasteiger partial charge in [0, 0.05) is 23.0 Å². The lowest BCUT2D eigenvalue weighted by molar-refractivity contribution is -0.122. The van der Waals surface area contributed by atoms with Gasteiger partial charge in [-0.1, -0.05) is 27.5 Å². The van der Waals surface area contributed by atoms with E-state index in [-0.39, 0.29) is 11.8 Å². The molecule has 0 fully saturated rings. The van der Waals surface area contributed by atoms with Crippen molar-refractivity contribution < 1.29 is 14.3 Å². The fourth-order valence-corrected chi connectivity index (χ4v) is 3.56. The Kier molecular flexibility index (Phi) is 5.53. The minimum absolute atomic E-state index is 0.0490. The molecule has 2 aromatic carbocycles. The maximum Gasteiger partial charge on any atom is 0.265 e. The third-order valence-corrected chi connectivity index (χ3v) is 4.87. The fraction of sp³-hybridized carbons (Fsp3) is 0.263. The van der Waals surface area contributed by atoms with Crippen molar-refractivity contribution in [1.29, 1.82) is 0 Å². The number of carbonyl (C=O) groups excluding carboxylic acids is 2. The topological polar surface area (TPSA) is 58.6 Å². The van der Waals surface area contributed by atoms with E-state index in [0.717, 1.165) is 22.1 Å². The largest absolute Gasteiger partial charge is 0.481 e. The number of anilines is 2. The summed E-state index contributed by atoms with van der Waals surface area (Å²) in [6.07, 6.45) is 0.0478. The minimum Gasteiger partial charge on any atom is -0.481 e. The summed E-state index contributed by atoms with van der Waals surface area (Å²) in [5.74, 6) is 0.213. The molecule has 2 amide bonds. The summed E-state index contributed by atoms with van der Waals surface area (Å²) < 4.78 is 6.51. The Labute approximate surface area is 165 Å². The van der Waals surface area contributed by atoms with Crippen molar-refractivity contribution in [3.05, 3.63) is 51.5 Å². The van der Waals surface area contributed by atoms with Crippen molar-refractivity contribution in [1.82, 2.24) is 0 Å². The fourth-order valence-electron chi connectivity index (χ4n) is 2.92. The molecule has 0 spiro atoms. The molecule has 0 saturated heterocycles. The molecule has 7 heteroatoms. The summed E-state index contributed by atoms with van der Waals surface area (Å²) in [7, 11) is 0. The van der Waals surface area contributed by atoms with Crippen molar-refractivity contribution >= 4 is 50.7 Å². The highest BCUT2D eigenvalue weighted by Gasteiger charge is 2.27. The number of fused-ring (bicyclic) bond motifs is 1. The van der Waals surface area contributed by atoms with Gasteiger partial charge in [0.05, 0.1) is 11.4 Å². The Bertz CT molecular complexity index is 855. The van der Waals surface area contributed by atoms with Crippen LogP contribution in [0, 0.1) is 0 Å². The van der Waals surface area contributed by atoms with Crippen LogP contribution in [-0.2, 0) is 16.0 Å². The lowest BCUT2D eigenvalue weighted by Crippen LogP contribution is -2.32. The standard InChI is InChI=1S/C19H18BrClN2O3/c1-11(26-16-5-3-15(21)4-6-16)19(25)22-17-10-14(20)9-13-7-8-23(12(2)24)18(13)17/h3-6,9-11H,7-8H2,1-2H3,(H,22,25). The van der Waals surface area contributed by atoms with E-state index in [9.17, 15) is 9.59 Å². The van der Waals surface area contributed by atoms with Crippen LogP contribution in [-0.4, -0.2) is 24.5 Å². The van der Waals surface area contributed by atoms with Gasteiger partial charge in [-0.05, 0) is 55.3 Å². The van der Waals surface area contributed by atoms with Gasteiger partial charge in [-0.15, -0.1) is 0 Å². The first-order valence-corrected chi connectivity index (χ1v) is 9.36. The number of halogens is 2. The summed E-state index contributed by atoms with van der Waals surface area (Å²) in [6.45, 7) is 3.81. The molecular weight excluding hydrogens is 420 g/mol. The monoisotopic (exact) mass is 436 g/mol. The van der Waals surface area contributed by atoms with Gasteiger partial charge in [-0.3, -0.25) is 9.59 Å². The van der Waals surface area contributed by atoms with E-state index in [1.807, 2.05) is 6.07 Å². The van der Waals surface area contributed by atoms with Gasteiger partial charge < -0.3 is 15.0 Å². The smallest absolute Gasteiger partial charge is 0.265 e. The summed E-state index contributed by atoms with van der Waals surface area (Å²) in [4.78, 5) is 26.2. The number of rotatable bonds is 4. The molecule has 1 unspecified atom stereocenters. The van der Waals surface area contributed by atoms with E-state index in [2.05, 4.69) is 21.2 Å². The Hall–Kier alpha value is -2.05. The van der Waals surface area contributed by atoms with Crippen LogP contribution in [0.25, 0.3) is 0 Å². The van der Waals surface area contributed by atoms with Gasteiger partial charge >= 0.3 is 0 Å². The summed E-state index contributed by atoms with van der Waals surface area (Å²) >= 11 is 9.32. The Morgan fingerprint density at radius 2 is 1.96 bits per heavy atom. The van der Waals surface area contributed by atoms with Gasteiger partial charge in [-0.2, -0.15) is 0 Å². The number of nitrogens with one attached hydrogen (secondary N) is 1. The average molecular weight is 438 g/mol. The maximum atomic E-state index is 12.6. The Balaban J connectivity index is 1.79. The average Bonchev–Trinajstić information content (AvgIpc) is 3.01. The first kappa shape index (κ1) is 18.7. The second-order valence-corrected chi connectivity index (χ2v) is 7.44. The molecule has 3 rings (SSSR count). The Morgan fingerprint density at radius 3 is 2.62 bits per heavy atom. The van der Waals surface area contributed by atoms with E-state index in [1.165, 1.54) is 6.92 Å². The van der Waals surface area contributed by atoms with Crippen molar-refractivity contribution in [3.8, 4) is 5.75 Å². The number of benzene rings is 2. The van der Waals surface area contributed by atoms with Gasteiger partial charge in [0.2, 0.25) is 5.91 Å². The molecule has 0 aromatic heterocycles. The molecule has 1 atom stereocenters. The normalized spacial score (nSPS) is 13.9. The van der Waals surface area contributed by atoms with Crippen molar-refractivity contribution in [3.63, 3.8) is 0 Å². The summed E-state index contributed by atoms with van der Waals surface area (Å²) in [6, 6.07) is 10.6. The van der Waals surface area contributed by atoms with E-state index >= 15 is 0 Å². The van der Waals surface area contributed by atoms with Gasteiger partial charge in [0.15, 0.2) is 6.10 Å². The number of ether oxygens (including phenoxy) is 1. The van der Waals surface area contributed by atoms with E-state index in [4.69, 9.17) is 16.3 Å². The minimum atomic E-state index is -0.710. The third kappa shape index (κ3) is 4.02. The second-order valence-electron chi connectivity index (χ2n) is 6.08. The zero-order chi connectivity index (χ0) is 18.8. The van der Waals surface area contributed by atoms with Crippen LogP contribution in [0.15, 0.2) is 40.9 Å². The van der Waals surface area contributed by atoms with Crippen LogP contribution in [0.4, 0.5) is 11.4 Å². The van der Waals surface area contributed by atoms with E-state index in [0.29, 0.717) is 23.0 Å². The zero-order valence-electron chi connectivity index (χ0n) is 14.4. The van der Waals surface area contributed by atoms with Crippen LogP contribution in [0.2, 0.25) is 5.02 Å². The van der Waals surface area contributed by atoms with Crippen molar-refractivity contribution in [2.24, 2.45) is 0 Å². The Morgan fingerprint density at radius 1 is 1.27 bits per heavy atom. The number of hydrogen-bond acceptors (Lipinski definition) is 3. The molecule has 1 heterocycles. The molecule has 1 N–H and O–H groups in total. The molecule has 1 aliphatic rings. The summed E-state index contributed by atoms with van der Waals surface area (Å²) in [5, 5.41) is 3.49. The van der Waals surface area contributed by atoms with Gasteiger partial charge in [0.1, 0.15) is 5.75 Å². The molecule has 26 heavy (non-hydrogen) atoms. The molecule has 2 aromatic rings. The predicted octanol–water partition coefficient (Wildman–Crippen LogP) is 4.42. The lowest BCUT2D eigenvalue weighted by atomic mass is 10.1. The zero-order valence-corrected chi connectivity index (χ0v) is 16.7. The quantitative estimate of drug-likeness (QED) is 0.770. The number of amides is 2. The third-order valence-electron chi connectivity index (χ3n) is 4.16. The highest BCUT2D eigenvalue weighted by atomic mass is 79.9. The van der Waals surface area contributed by atoms with Gasteiger partial charge in [-0.25, -0.2) is 0 Å². The van der Waals surface area contributed by atoms with Crippen molar-refractivity contribution in [2.75, 3.05) is 16.8 Å². The van der Waals surface area contributed by atoms with Crippen LogP contribution in [0.3, 0.4) is 0 Å². The molecule has 0 radical (unpaired) electrons. The molecule has 0 aliphatic carbocycles. The first-order valence-electron chi connectivity index (χ1n) is 8.19. The van der Waals surface area contributed by atoms with Crippen LogP contribution >= 0.6 is 27.5 Å². The lowest BCUT2D eigenvalue weighted by Gasteiger charge is -2.21. The number of hydrogen-bond donors (Lipinski definition) is 1. The number of carbonyl (C=O) groups is 2. The summed E-state index contributed by atoms with van der Waals surface area (Å²) in [5.41, 5.74) is 2.38. The van der Waals surface area contributed by atoms with Gasteiger partial charge in [0.25, 0.3) is 5.91 Å². The molecule has 136 valence electrons.